The van der Waals surface area contributed by atoms with Gasteiger partial charge in [0.05, 0.1) is 0 Å². The number of ether oxygens (including phenoxy) is 1. The molecule has 0 bridgehead atoms. The van der Waals surface area contributed by atoms with Crippen LogP contribution in [0.5, 0.6) is 5.75 Å². The van der Waals surface area contributed by atoms with Crippen LogP contribution in [0.3, 0.4) is 0 Å². The van der Waals surface area contributed by atoms with E-state index in [0.717, 1.165) is 24.0 Å². The Morgan fingerprint density at radius 3 is 2.66 bits per heavy atom. The van der Waals surface area contributed by atoms with Gasteiger partial charge in [0.1, 0.15) is 11.4 Å². The molecule has 0 aliphatic heterocycles. The van der Waals surface area contributed by atoms with E-state index in [9.17, 15) is 0 Å². The summed E-state index contributed by atoms with van der Waals surface area (Å²) < 4.78 is 7.01. The van der Waals surface area contributed by atoms with Crippen molar-refractivity contribution in [2.75, 3.05) is 0 Å². The monoisotopic (exact) mass is 424 g/mol. The van der Waals surface area contributed by atoms with Crippen molar-refractivity contribution in [3.63, 3.8) is 0 Å². The summed E-state index contributed by atoms with van der Waals surface area (Å²) >= 11 is 0. The maximum Gasteiger partial charge on any atom is 0.139 e. The van der Waals surface area contributed by atoms with Crippen molar-refractivity contribution >= 4 is 6.08 Å². The number of benzene rings is 1. The van der Waals surface area contributed by atoms with Gasteiger partial charge < -0.3 is 4.74 Å². The van der Waals surface area contributed by atoms with Crippen LogP contribution in [-0.4, -0.2) is 5.60 Å². The molecule has 0 N–H and O–H groups in total. The number of para-hydroxylation sites is 1. The van der Waals surface area contributed by atoms with Crippen molar-refractivity contribution in [3.05, 3.63) is 82.0 Å². The lowest BCUT2D eigenvalue weighted by atomic mass is 9.80. The third-order valence-electron chi connectivity index (χ3n) is 9.00. The lowest BCUT2D eigenvalue weighted by Crippen LogP contribution is -2.43. The molecule has 1 heteroatoms. The SMILES string of the molecule is C=C1C2=C1C(C)(Oc1c(/C=C3/CC3C3CCCCC3)cccc1C1C=CC(C)=CC1)C2C. The van der Waals surface area contributed by atoms with E-state index >= 15 is 0 Å². The van der Waals surface area contributed by atoms with Crippen molar-refractivity contribution in [3.8, 4) is 5.75 Å². The minimum atomic E-state index is -0.230. The van der Waals surface area contributed by atoms with Crippen LogP contribution < -0.4 is 4.74 Å². The van der Waals surface area contributed by atoms with Gasteiger partial charge in [-0.3, -0.25) is 0 Å². The van der Waals surface area contributed by atoms with E-state index in [1.54, 1.807) is 5.57 Å². The van der Waals surface area contributed by atoms with Crippen LogP contribution >= 0.6 is 0 Å². The highest BCUT2D eigenvalue weighted by Crippen LogP contribution is 2.65. The molecule has 2 saturated carbocycles. The number of hydrogen-bond donors (Lipinski definition) is 0. The third-order valence-corrected chi connectivity index (χ3v) is 9.00. The average molecular weight is 425 g/mol. The Hall–Kier alpha value is -2.28. The number of allylic oxidation sites excluding steroid dienone is 5. The van der Waals surface area contributed by atoms with Crippen LogP contribution in [-0.2, 0) is 0 Å². The Bertz CT molecular complexity index is 1100. The van der Waals surface area contributed by atoms with Gasteiger partial charge in [0.2, 0.25) is 0 Å². The summed E-state index contributed by atoms with van der Waals surface area (Å²) in [5.74, 6) is 3.66. The fourth-order valence-corrected chi connectivity index (χ4v) is 6.67. The van der Waals surface area contributed by atoms with E-state index in [1.807, 2.05) is 0 Å². The summed E-state index contributed by atoms with van der Waals surface area (Å²) in [5.41, 5.74) is 9.47. The molecule has 0 amide bonds. The van der Waals surface area contributed by atoms with Gasteiger partial charge in [0.15, 0.2) is 0 Å². The van der Waals surface area contributed by atoms with Crippen LogP contribution in [0.25, 0.3) is 6.08 Å². The van der Waals surface area contributed by atoms with Gasteiger partial charge in [-0.15, -0.1) is 0 Å². The summed E-state index contributed by atoms with van der Waals surface area (Å²) in [7, 11) is 0. The first-order chi connectivity index (χ1) is 15.5. The van der Waals surface area contributed by atoms with E-state index in [2.05, 4.69) is 69.9 Å². The zero-order chi connectivity index (χ0) is 22.0. The average Bonchev–Trinajstić information content (AvgIpc) is 3.71. The van der Waals surface area contributed by atoms with Crippen LogP contribution in [0.2, 0.25) is 0 Å². The highest BCUT2D eigenvalue weighted by atomic mass is 16.5. The zero-order valence-corrected chi connectivity index (χ0v) is 19.9. The van der Waals surface area contributed by atoms with E-state index in [-0.39, 0.29) is 5.60 Å². The largest absolute Gasteiger partial charge is 0.481 e. The molecule has 1 nitrogen and oxygen atoms in total. The molecule has 0 spiro atoms. The Kier molecular flexibility index (Phi) is 4.68. The minimum absolute atomic E-state index is 0.230. The van der Waals surface area contributed by atoms with Crippen LogP contribution in [0.4, 0.5) is 0 Å². The molecule has 0 radical (unpaired) electrons. The van der Waals surface area contributed by atoms with E-state index in [1.165, 1.54) is 71.9 Å². The fraction of sp³-hybridized carbons (Fsp3) is 0.484. The van der Waals surface area contributed by atoms with Gasteiger partial charge in [-0.1, -0.05) is 86.4 Å². The first-order valence-corrected chi connectivity index (χ1v) is 12.8. The molecule has 4 unspecified atom stereocenters. The first-order valence-electron chi connectivity index (χ1n) is 12.8. The predicted molar refractivity (Wildman–Crippen MR) is 134 cm³/mol. The lowest BCUT2D eigenvalue weighted by Gasteiger charge is -2.39. The molecule has 1 aromatic carbocycles. The van der Waals surface area contributed by atoms with Crippen LogP contribution in [0.15, 0.2) is 70.9 Å². The molecule has 5 aliphatic rings. The van der Waals surface area contributed by atoms with Gasteiger partial charge in [-0.25, -0.2) is 0 Å². The summed E-state index contributed by atoms with van der Waals surface area (Å²) in [6, 6.07) is 6.80. The molecular formula is C31H36O. The van der Waals surface area contributed by atoms with Crippen molar-refractivity contribution in [1.82, 2.24) is 0 Å². The Morgan fingerprint density at radius 2 is 1.97 bits per heavy atom. The molecule has 32 heavy (non-hydrogen) atoms. The normalized spacial score (nSPS) is 34.8. The Labute approximate surface area is 193 Å². The van der Waals surface area contributed by atoms with Crippen molar-refractivity contribution < 1.29 is 4.74 Å². The van der Waals surface area contributed by atoms with Gasteiger partial charge >= 0.3 is 0 Å². The molecule has 6 rings (SSSR count). The molecule has 0 heterocycles. The molecular weight excluding hydrogens is 388 g/mol. The fourth-order valence-electron chi connectivity index (χ4n) is 6.67. The lowest BCUT2D eigenvalue weighted by molar-refractivity contribution is 0.0780. The molecule has 0 aromatic heterocycles. The van der Waals surface area contributed by atoms with E-state index in [4.69, 9.17) is 4.74 Å². The smallest absolute Gasteiger partial charge is 0.139 e. The van der Waals surface area contributed by atoms with Crippen molar-refractivity contribution in [1.29, 1.82) is 0 Å². The van der Waals surface area contributed by atoms with E-state index < -0.39 is 0 Å². The minimum Gasteiger partial charge on any atom is -0.481 e. The highest BCUT2D eigenvalue weighted by Gasteiger charge is 2.61. The van der Waals surface area contributed by atoms with Crippen molar-refractivity contribution in [2.45, 2.75) is 77.2 Å². The molecule has 166 valence electrons. The Balaban J connectivity index is 1.34. The molecule has 1 aromatic rings. The van der Waals surface area contributed by atoms with Gasteiger partial charge in [0, 0.05) is 28.5 Å². The molecule has 5 aliphatic carbocycles. The zero-order valence-electron chi connectivity index (χ0n) is 19.9. The second-order valence-electron chi connectivity index (χ2n) is 11.0. The quantitative estimate of drug-likeness (QED) is 0.462. The van der Waals surface area contributed by atoms with Crippen molar-refractivity contribution in [2.24, 2.45) is 17.8 Å². The van der Waals surface area contributed by atoms with Crippen LogP contribution in [0, 0.1) is 17.8 Å². The third kappa shape index (κ3) is 3.19. The first kappa shape index (κ1) is 20.3. The molecule has 0 saturated heterocycles. The summed E-state index contributed by atoms with van der Waals surface area (Å²) in [6.45, 7) is 11.0. The summed E-state index contributed by atoms with van der Waals surface area (Å²) in [6.07, 6.45) is 19.0. The van der Waals surface area contributed by atoms with Crippen LogP contribution in [0.1, 0.15) is 82.8 Å². The van der Waals surface area contributed by atoms with Gasteiger partial charge in [-0.2, -0.15) is 0 Å². The second kappa shape index (κ2) is 7.37. The second-order valence-corrected chi connectivity index (χ2v) is 11.0. The molecule has 4 atom stereocenters. The van der Waals surface area contributed by atoms with Gasteiger partial charge in [-0.05, 0) is 62.5 Å². The number of hydrogen-bond acceptors (Lipinski definition) is 1. The molecule has 2 fully saturated rings. The summed E-state index contributed by atoms with van der Waals surface area (Å²) in [4.78, 5) is 0. The summed E-state index contributed by atoms with van der Waals surface area (Å²) in [5, 5.41) is 0. The number of rotatable bonds is 5. The Morgan fingerprint density at radius 1 is 1.16 bits per heavy atom. The topological polar surface area (TPSA) is 9.23 Å². The maximum atomic E-state index is 7.01. The maximum absolute atomic E-state index is 7.01. The standard InChI is InChI=1S/C31H36O/c1-19-13-15-23(16-14-19)26-12-8-11-24(17-25-18-27(25)22-9-6-5-7-10-22)30(26)32-31(4)21(3)28-20(2)29(28)31/h8,11-15,17,21-23,27H,2,5-7,9-10,16,18H2,1,3-4H3/b25-17-. The highest BCUT2D eigenvalue weighted by molar-refractivity contribution is 5.79. The predicted octanol–water partition coefficient (Wildman–Crippen LogP) is 8.31. The van der Waals surface area contributed by atoms with E-state index in [0.29, 0.717) is 11.8 Å². The van der Waals surface area contributed by atoms with Gasteiger partial charge in [0.25, 0.3) is 0 Å².